The van der Waals surface area contributed by atoms with Crippen molar-refractivity contribution in [2.24, 2.45) is 11.3 Å². The molecule has 0 aromatic heterocycles. The minimum Gasteiger partial charge on any atom is -0.481 e. The number of carbonyl (C=O) groups is 2. The molecule has 0 aliphatic carbocycles. The van der Waals surface area contributed by atoms with Gasteiger partial charge in [-0.05, 0) is 24.0 Å². The third kappa shape index (κ3) is 3.75. The predicted molar refractivity (Wildman–Crippen MR) is 100 cm³/mol. The highest BCUT2D eigenvalue weighted by Crippen LogP contribution is 2.42. The highest BCUT2D eigenvalue weighted by atomic mass is 32.2. The molecule has 7 heteroatoms. The number of carbonyl (C=O) groups excluding carboxylic acids is 1. The molecule has 1 aromatic carbocycles. The van der Waals surface area contributed by atoms with Crippen LogP contribution in [0.2, 0.25) is 0 Å². The van der Waals surface area contributed by atoms with Gasteiger partial charge in [-0.3, -0.25) is 14.5 Å². The van der Waals surface area contributed by atoms with Crippen molar-refractivity contribution >= 4 is 23.6 Å². The van der Waals surface area contributed by atoms with Crippen LogP contribution in [0.5, 0.6) is 0 Å². The van der Waals surface area contributed by atoms with Crippen LogP contribution in [0.25, 0.3) is 0 Å². The SMILES string of the molecule is COCCN1C[C@H]2CN(C(=O)Cc3ccc(SC)cc3)C[C@@]2(C(=O)O)C1. The van der Waals surface area contributed by atoms with Crippen molar-refractivity contribution in [3.63, 3.8) is 0 Å². The van der Waals surface area contributed by atoms with E-state index in [-0.39, 0.29) is 11.8 Å². The van der Waals surface area contributed by atoms with E-state index >= 15 is 0 Å². The molecule has 1 amide bonds. The first-order valence-electron chi connectivity index (χ1n) is 8.84. The summed E-state index contributed by atoms with van der Waals surface area (Å²) in [5.41, 5.74) is 0.127. The van der Waals surface area contributed by atoms with Gasteiger partial charge in [0.15, 0.2) is 0 Å². The highest BCUT2D eigenvalue weighted by molar-refractivity contribution is 7.98. The van der Waals surface area contributed by atoms with Crippen LogP contribution in [0, 0.1) is 11.3 Å². The topological polar surface area (TPSA) is 70.1 Å². The minimum atomic E-state index is -0.841. The zero-order valence-electron chi connectivity index (χ0n) is 15.3. The molecule has 6 nitrogen and oxygen atoms in total. The molecular weight excluding hydrogens is 352 g/mol. The number of carboxylic acids is 1. The van der Waals surface area contributed by atoms with Gasteiger partial charge in [0, 0.05) is 50.6 Å². The normalized spacial score (nSPS) is 25.5. The van der Waals surface area contributed by atoms with Crippen molar-refractivity contribution in [1.29, 1.82) is 0 Å². The van der Waals surface area contributed by atoms with Gasteiger partial charge in [-0.15, -0.1) is 11.8 Å². The standard InChI is InChI=1S/C19H26N2O4S/c1-25-8-7-20-10-15-11-21(13-19(15,12-20)18(23)24)17(22)9-14-3-5-16(26-2)6-4-14/h3-6,15H,7-13H2,1-2H3,(H,23,24)/t15-,19-/m0/s1. The maximum Gasteiger partial charge on any atom is 0.313 e. The first-order valence-corrected chi connectivity index (χ1v) is 10.1. The third-order valence-corrected chi connectivity index (χ3v) is 6.33. The fourth-order valence-corrected chi connectivity index (χ4v) is 4.49. The third-order valence-electron chi connectivity index (χ3n) is 5.58. The number of carboxylic acid groups (broad SMARTS) is 1. The van der Waals surface area contributed by atoms with E-state index in [4.69, 9.17) is 4.74 Å². The lowest BCUT2D eigenvalue weighted by Crippen LogP contribution is -2.42. The number of nitrogens with zero attached hydrogens (tertiary/aromatic N) is 2. The quantitative estimate of drug-likeness (QED) is 0.724. The van der Waals surface area contributed by atoms with Crippen LogP contribution in [0.1, 0.15) is 5.56 Å². The molecule has 0 unspecified atom stereocenters. The molecule has 2 heterocycles. The molecule has 0 spiro atoms. The van der Waals surface area contributed by atoms with Crippen molar-refractivity contribution in [2.45, 2.75) is 11.3 Å². The van der Waals surface area contributed by atoms with E-state index in [2.05, 4.69) is 4.90 Å². The Morgan fingerprint density at radius 1 is 1.27 bits per heavy atom. The van der Waals surface area contributed by atoms with Crippen molar-refractivity contribution < 1.29 is 19.4 Å². The number of likely N-dealkylation sites (tertiary alicyclic amines) is 2. The van der Waals surface area contributed by atoms with Gasteiger partial charge in [-0.1, -0.05) is 12.1 Å². The summed E-state index contributed by atoms with van der Waals surface area (Å²) >= 11 is 1.67. The maximum absolute atomic E-state index is 12.7. The molecular formula is C19H26N2O4S. The number of benzene rings is 1. The second kappa shape index (κ2) is 7.98. The summed E-state index contributed by atoms with van der Waals surface area (Å²) in [6, 6.07) is 7.97. The van der Waals surface area contributed by atoms with Gasteiger partial charge in [-0.2, -0.15) is 0 Å². The molecule has 0 bridgehead atoms. The van der Waals surface area contributed by atoms with Gasteiger partial charge in [0.05, 0.1) is 13.0 Å². The predicted octanol–water partition coefficient (Wildman–Crippen LogP) is 1.44. The molecule has 26 heavy (non-hydrogen) atoms. The molecule has 3 rings (SSSR count). The molecule has 2 aliphatic rings. The highest BCUT2D eigenvalue weighted by Gasteiger charge is 2.58. The molecule has 1 N–H and O–H groups in total. The number of methoxy groups -OCH3 is 1. The molecule has 1 aromatic rings. The number of amides is 1. The number of hydrogen-bond donors (Lipinski definition) is 1. The van der Waals surface area contributed by atoms with Gasteiger partial charge in [0.2, 0.25) is 5.91 Å². The summed E-state index contributed by atoms with van der Waals surface area (Å²) in [7, 11) is 1.65. The van der Waals surface area contributed by atoms with Gasteiger partial charge >= 0.3 is 5.97 Å². The summed E-state index contributed by atoms with van der Waals surface area (Å²) in [4.78, 5) is 29.8. The largest absolute Gasteiger partial charge is 0.481 e. The average Bonchev–Trinajstić information content (AvgIpc) is 3.16. The van der Waals surface area contributed by atoms with Crippen molar-refractivity contribution in [2.75, 3.05) is 52.7 Å². The number of hydrogen-bond acceptors (Lipinski definition) is 5. The van der Waals surface area contributed by atoms with E-state index in [0.717, 1.165) is 17.0 Å². The second-order valence-corrected chi connectivity index (χ2v) is 8.06. The number of thioether (sulfide) groups is 1. The Labute approximate surface area is 158 Å². The molecule has 2 atom stereocenters. The zero-order chi connectivity index (χ0) is 18.7. The first kappa shape index (κ1) is 19.2. The summed E-state index contributed by atoms with van der Waals surface area (Å²) in [5, 5.41) is 9.87. The smallest absolute Gasteiger partial charge is 0.313 e. The maximum atomic E-state index is 12.7. The average molecular weight is 378 g/mol. The van der Waals surface area contributed by atoms with Crippen molar-refractivity contribution in [3.05, 3.63) is 29.8 Å². The Bertz CT molecular complexity index is 666. The molecule has 142 valence electrons. The van der Waals surface area contributed by atoms with Crippen molar-refractivity contribution in [3.8, 4) is 0 Å². The molecule has 0 radical (unpaired) electrons. The van der Waals surface area contributed by atoms with Crippen molar-refractivity contribution in [1.82, 2.24) is 9.80 Å². The van der Waals surface area contributed by atoms with Gasteiger partial charge < -0.3 is 14.7 Å². The zero-order valence-corrected chi connectivity index (χ0v) is 16.1. The molecule has 2 saturated heterocycles. The number of rotatable bonds is 7. The summed E-state index contributed by atoms with van der Waals surface area (Å²) in [6.07, 6.45) is 2.34. The van der Waals surface area contributed by atoms with Gasteiger partial charge in [-0.25, -0.2) is 0 Å². The Kier molecular flexibility index (Phi) is 5.89. The number of ether oxygens (including phenoxy) is 1. The lowest BCUT2D eigenvalue weighted by atomic mass is 9.81. The lowest BCUT2D eigenvalue weighted by Gasteiger charge is -2.25. The molecule has 2 fully saturated rings. The van der Waals surface area contributed by atoms with Crippen LogP contribution >= 0.6 is 11.8 Å². The van der Waals surface area contributed by atoms with E-state index in [1.54, 1.807) is 23.8 Å². The van der Waals surface area contributed by atoms with Crippen LogP contribution in [-0.4, -0.2) is 79.5 Å². The monoisotopic (exact) mass is 378 g/mol. The summed E-state index contributed by atoms with van der Waals surface area (Å²) < 4.78 is 5.11. The number of fused-ring (bicyclic) bond motifs is 1. The number of aliphatic carboxylic acids is 1. The van der Waals surface area contributed by atoms with Gasteiger partial charge in [0.1, 0.15) is 5.41 Å². The van der Waals surface area contributed by atoms with Crippen LogP contribution in [-0.2, 0) is 20.7 Å². The summed E-state index contributed by atoms with van der Waals surface area (Å²) in [5.74, 6) is -0.790. The lowest BCUT2D eigenvalue weighted by molar-refractivity contribution is -0.149. The van der Waals surface area contributed by atoms with E-state index in [0.29, 0.717) is 39.2 Å². The minimum absolute atomic E-state index is 0.0142. The van der Waals surface area contributed by atoms with E-state index in [9.17, 15) is 14.7 Å². The fourth-order valence-electron chi connectivity index (χ4n) is 4.08. The first-order chi connectivity index (χ1) is 12.5. The van der Waals surface area contributed by atoms with E-state index in [1.165, 1.54) is 0 Å². The van der Waals surface area contributed by atoms with E-state index in [1.807, 2.05) is 30.5 Å². The van der Waals surface area contributed by atoms with Crippen LogP contribution < -0.4 is 0 Å². The fraction of sp³-hybridized carbons (Fsp3) is 0.579. The molecule has 2 aliphatic heterocycles. The van der Waals surface area contributed by atoms with Crippen LogP contribution in [0.4, 0.5) is 0 Å². The van der Waals surface area contributed by atoms with E-state index < -0.39 is 11.4 Å². The van der Waals surface area contributed by atoms with Crippen LogP contribution in [0.3, 0.4) is 0 Å². The van der Waals surface area contributed by atoms with Gasteiger partial charge in [0.25, 0.3) is 0 Å². The second-order valence-electron chi connectivity index (χ2n) is 7.19. The summed E-state index contributed by atoms with van der Waals surface area (Å²) in [6.45, 7) is 3.36. The Balaban J connectivity index is 1.64. The Hall–Kier alpha value is -1.57. The Morgan fingerprint density at radius 2 is 2.00 bits per heavy atom. The van der Waals surface area contributed by atoms with Crippen LogP contribution in [0.15, 0.2) is 29.2 Å². The molecule has 0 saturated carbocycles. The Morgan fingerprint density at radius 3 is 2.58 bits per heavy atom.